The summed E-state index contributed by atoms with van der Waals surface area (Å²) < 4.78 is 19.9. The van der Waals surface area contributed by atoms with Gasteiger partial charge in [0.2, 0.25) is 5.69 Å². The average Bonchev–Trinajstić information content (AvgIpc) is 2.98. The molecule has 24 heavy (non-hydrogen) atoms. The summed E-state index contributed by atoms with van der Waals surface area (Å²) in [7, 11) is 2.43. The fourth-order valence-electron chi connectivity index (χ4n) is 1.90. The molecule has 0 radical (unpaired) electrons. The number of oxazole rings is 1. The van der Waals surface area contributed by atoms with Gasteiger partial charge in [-0.2, -0.15) is 4.98 Å². The first kappa shape index (κ1) is 19.5. The molecule has 9 heteroatoms. The monoisotopic (exact) mass is 342 g/mol. The highest BCUT2D eigenvalue weighted by atomic mass is 16.6. The number of hydrogen-bond acceptors (Lipinski definition) is 8. The predicted octanol–water partition coefficient (Wildman–Crippen LogP) is 1.16. The summed E-state index contributed by atoms with van der Waals surface area (Å²) in [4.78, 5) is 39.5. The van der Waals surface area contributed by atoms with Crippen molar-refractivity contribution >= 4 is 17.8 Å². The van der Waals surface area contributed by atoms with Crippen LogP contribution in [-0.4, -0.2) is 43.6 Å². The first-order valence-corrected chi connectivity index (χ1v) is 7.41. The fourth-order valence-corrected chi connectivity index (χ4v) is 1.90. The summed E-state index contributed by atoms with van der Waals surface area (Å²) in [6.07, 6.45) is 1.63. The maximum Gasteiger partial charge on any atom is 0.364 e. The molecule has 0 saturated heterocycles. The Labute approximate surface area is 139 Å². The molecule has 1 unspecified atom stereocenters. The molecule has 0 aliphatic carbocycles. The molecule has 1 amide bonds. The number of hydrogen-bond donors (Lipinski definition) is 1. The number of ether oxygens (including phenoxy) is 3. The van der Waals surface area contributed by atoms with Crippen LogP contribution in [0.25, 0.3) is 0 Å². The van der Waals surface area contributed by atoms with E-state index in [1.165, 1.54) is 21.1 Å². The van der Waals surface area contributed by atoms with Crippen molar-refractivity contribution in [3.8, 4) is 5.95 Å². The highest BCUT2D eigenvalue weighted by Crippen LogP contribution is 2.31. The number of carbonyl (C=O) groups is 3. The van der Waals surface area contributed by atoms with Crippen molar-refractivity contribution in [3.63, 3.8) is 0 Å². The number of carbonyl (C=O) groups excluding carboxylic acids is 3. The summed E-state index contributed by atoms with van der Waals surface area (Å²) in [5.74, 6) is -2.66. The van der Waals surface area contributed by atoms with E-state index >= 15 is 0 Å². The third-order valence-corrected chi connectivity index (χ3v) is 3.17. The van der Waals surface area contributed by atoms with Crippen LogP contribution in [0.2, 0.25) is 0 Å². The Kier molecular flexibility index (Phi) is 6.75. The maximum atomic E-state index is 12.5. The van der Waals surface area contributed by atoms with Crippen molar-refractivity contribution in [3.05, 3.63) is 11.6 Å². The maximum absolute atomic E-state index is 12.5. The summed E-state index contributed by atoms with van der Waals surface area (Å²) in [5.41, 5.74) is -2.10. The van der Waals surface area contributed by atoms with E-state index in [1.54, 1.807) is 0 Å². The third-order valence-electron chi connectivity index (χ3n) is 3.17. The van der Waals surface area contributed by atoms with Crippen LogP contribution in [0.15, 0.2) is 4.42 Å². The third kappa shape index (κ3) is 4.24. The predicted molar refractivity (Wildman–Crippen MR) is 81.4 cm³/mol. The zero-order chi connectivity index (χ0) is 18.3. The Morgan fingerprint density at radius 1 is 1.29 bits per heavy atom. The number of nitrogens with zero attached hydrogens (tertiary/aromatic N) is 1. The SMILES string of the molecule is CCCCNC(=O)C(C)(OC(C)=O)c1nc(C(=O)OC)c(OC)o1. The van der Waals surface area contributed by atoms with Crippen molar-refractivity contribution in [2.75, 3.05) is 20.8 Å². The summed E-state index contributed by atoms with van der Waals surface area (Å²) >= 11 is 0. The number of amides is 1. The Morgan fingerprint density at radius 3 is 2.46 bits per heavy atom. The molecule has 1 N–H and O–H groups in total. The van der Waals surface area contributed by atoms with E-state index in [0.717, 1.165) is 19.8 Å². The Bertz CT molecular complexity index is 611. The van der Waals surface area contributed by atoms with Gasteiger partial charge in [0.15, 0.2) is 0 Å². The van der Waals surface area contributed by atoms with Gasteiger partial charge in [0, 0.05) is 13.5 Å². The molecule has 1 heterocycles. The van der Waals surface area contributed by atoms with Gasteiger partial charge in [-0.1, -0.05) is 13.3 Å². The van der Waals surface area contributed by atoms with Crippen LogP contribution in [0.4, 0.5) is 0 Å². The van der Waals surface area contributed by atoms with E-state index in [4.69, 9.17) is 13.9 Å². The molecule has 134 valence electrons. The lowest BCUT2D eigenvalue weighted by Gasteiger charge is -2.24. The molecular weight excluding hydrogens is 320 g/mol. The minimum Gasteiger partial charge on any atom is -0.467 e. The molecule has 0 aliphatic heterocycles. The molecule has 9 nitrogen and oxygen atoms in total. The summed E-state index contributed by atoms with van der Waals surface area (Å²) in [5, 5.41) is 2.64. The fraction of sp³-hybridized carbons (Fsp3) is 0.600. The molecule has 0 spiro atoms. The number of nitrogens with one attached hydrogen (secondary N) is 1. The molecule has 1 aromatic heterocycles. The van der Waals surface area contributed by atoms with E-state index in [2.05, 4.69) is 15.0 Å². The zero-order valence-corrected chi connectivity index (χ0v) is 14.4. The number of methoxy groups -OCH3 is 2. The second-order valence-electron chi connectivity index (χ2n) is 5.09. The molecule has 0 saturated carbocycles. The van der Waals surface area contributed by atoms with Crippen LogP contribution in [0.1, 0.15) is 50.0 Å². The molecule has 0 fully saturated rings. The van der Waals surface area contributed by atoms with Gasteiger partial charge in [0.25, 0.3) is 17.4 Å². The lowest BCUT2D eigenvalue weighted by atomic mass is 10.1. The van der Waals surface area contributed by atoms with Crippen molar-refractivity contribution in [2.45, 2.75) is 39.2 Å². The van der Waals surface area contributed by atoms with Crippen LogP contribution >= 0.6 is 0 Å². The first-order chi connectivity index (χ1) is 11.3. The van der Waals surface area contributed by atoms with Crippen LogP contribution in [0.5, 0.6) is 5.95 Å². The van der Waals surface area contributed by atoms with Crippen LogP contribution in [0.3, 0.4) is 0 Å². The van der Waals surface area contributed by atoms with Crippen LogP contribution < -0.4 is 10.1 Å². The van der Waals surface area contributed by atoms with E-state index in [-0.39, 0.29) is 17.5 Å². The highest BCUT2D eigenvalue weighted by molar-refractivity contribution is 5.91. The number of rotatable bonds is 8. The van der Waals surface area contributed by atoms with E-state index in [9.17, 15) is 14.4 Å². The summed E-state index contributed by atoms with van der Waals surface area (Å²) in [6, 6.07) is 0. The Hall–Kier alpha value is -2.58. The zero-order valence-electron chi connectivity index (χ0n) is 14.4. The molecule has 0 aliphatic rings. The van der Waals surface area contributed by atoms with Crippen molar-refractivity contribution in [2.24, 2.45) is 0 Å². The summed E-state index contributed by atoms with van der Waals surface area (Å²) in [6.45, 7) is 4.84. The smallest absolute Gasteiger partial charge is 0.364 e. The number of aromatic nitrogens is 1. The van der Waals surface area contributed by atoms with Gasteiger partial charge in [-0.25, -0.2) is 4.79 Å². The minimum atomic E-state index is -1.85. The largest absolute Gasteiger partial charge is 0.467 e. The molecule has 1 aromatic rings. The standard InChI is InChI=1S/C15H22N2O7/c1-6-7-8-16-13(20)15(3,24-9(2)18)14-17-10(11(19)21-4)12(22-5)23-14/h6-8H2,1-5H3,(H,16,20). The van der Waals surface area contributed by atoms with Gasteiger partial charge in [-0.3, -0.25) is 9.59 Å². The highest BCUT2D eigenvalue weighted by Gasteiger charge is 2.45. The quantitative estimate of drug-likeness (QED) is 0.552. The lowest BCUT2D eigenvalue weighted by molar-refractivity contribution is -0.168. The lowest BCUT2D eigenvalue weighted by Crippen LogP contribution is -2.45. The van der Waals surface area contributed by atoms with Gasteiger partial charge in [-0.05, 0) is 13.3 Å². The normalized spacial score (nSPS) is 12.9. The van der Waals surface area contributed by atoms with Crippen LogP contribution in [-0.2, 0) is 24.7 Å². The Morgan fingerprint density at radius 2 is 1.96 bits per heavy atom. The minimum absolute atomic E-state index is 0.239. The van der Waals surface area contributed by atoms with E-state index in [1.807, 2.05) is 6.92 Å². The van der Waals surface area contributed by atoms with Gasteiger partial charge in [0.05, 0.1) is 14.2 Å². The van der Waals surface area contributed by atoms with Crippen molar-refractivity contribution in [1.82, 2.24) is 10.3 Å². The molecule has 0 aromatic carbocycles. The topological polar surface area (TPSA) is 117 Å². The second kappa shape index (κ2) is 8.32. The number of esters is 2. The first-order valence-electron chi connectivity index (χ1n) is 7.41. The van der Waals surface area contributed by atoms with Gasteiger partial charge in [-0.15, -0.1) is 0 Å². The average molecular weight is 342 g/mol. The Balaban J connectivity index is 3.24. The second-order valence-corrected chi connectivity index (χ2v) is 5.09. The van der Waals surface area contributed by atoms with Gasteiger partial charge in [0.1, 0.15) is 0 Å². The molecule has 1 atom stereocenters. The number of unbranched alkanes of at least 4 members (excludes halogenated alkanes) is 1. The molecular formula is C15H22N2O7. The molecule has 1 rings (SSSR count). The van der Waals surface area contributed by atoms with E-state index < -0.39 is 23.4 Å². The van der Waals surface area contributed by atoms with Gasteiger partial charge < -0.3 is 23.9 Å². The van der Waals surface area contributed by atoms with Gasteiger partial charge >= 0.3 is 17.9 Å². The van der Waals surface area contributed by atoms with Crippen molar-refractivity contribution in [1.29, 1.82) is 0 Å². The van der Waals surface area contributed by atoms with E-state index in [0.29, 0.717) is 6.54 Å². The van der Waals surface area contributed by atoms with Crippen LogP contribution in [0, 0.1) is 0 Å². The van der Waals surface area contributed by atoms with Crippen molar-refractivity contribution < 1.29 is 33.0 Å². The molecule has 0 bridgehead atoms.